The summed E-state index contributed by atoms with van der Waals surface area (Å²) in [6, 6.07) is 15.3. The monoisotopic (exact) mass is 525 g/mol. The number of benzene rings is 2. The van der Waals surface area contributed by atoms with Gasteiger partial charge in [-0.15, -0.1) is 0 Å². The van der Waals surface area contributed by atoms with Crippen molar-refractivity contribution in [1.29, 1.82) is 0 Å². The van der Waals surface area contributed by atoms with Crippen LogP contribution in [0.15, 0.2) is 48.5 Å². The molecule has 3 heterocycles. The molecule has 0 unspecified atom stereocenters. The number of carbonyl (C=O) groups excluding carboxylic acids is 1. The molecule has 3 fully saturated rings. The van der Waals surface area contributed by atoms with Gasteiger partial charge < -0.3 is 39.6 Å². The van der Waals surface area contributed by atoms with E-state index in [4.69, 9.17) is 18.9 Å². The highest BCUT2D eigenvalue weighted by atomic mass is 16.7. The number of anilines is 1. The van der Waals surface area contributed by atoms with Crippen LogP contribution < -0.4 is 10.6 Å². The molecular weight excluding hydrogens is 486 g/mol. The average Bonchev–Trinajstić information content (AvgIpc) is 3.40. The lowest BCUT2D eigenvalue weighted by Crippen LogP contribution is -2.50. The molecule has 2 amide bonds. The van der Waals surface area contributed by atoms with Crippen molar-refractivity contribution < 1.29 is 28.8 Å². The number of rotatable bonds is 7. The smallest absolute Gasteiger partial charge is 0.319 e. The van der Waals surface area contributed by atoms with Crippen LogP contribution in [0, 0.1) is 5.92 Å². The Hall–Kier alpha value is -2.53. The van der Waals surface area contributed by atoms with E-state index in [1.165, 1.54) is 0 Å². The van der Waals surface area contributed by atoms with E-state index in [9.17, 15) is 9.90 Å². The number of hydrogen-bond donors (Lipinski definition) is 3. The highest BCUT2D eigenvalue weighted by Gasteiger charge is 2.43. The summed E-state index contributed by atoms with van der Waals surface area (Å²) in [5, 5.41) is 15.0. The van der Waals surface area contributed by atoms with E-state index in [2.05, 4.69) is 22.5 Å². The first kappa shape index (κ1) is 27.1. The minimum atomic E-state index is -0.546. The van der Waals surface area contributed by atoms with Crippen molar-refractivity contribution in [2.45, 2.75) is 57.6 Å². The van der Waals surface area contributed by atoms with Crippen molar-refractivity contribution in [2.24, 2.45) is 5.92 Å². The molecule has 3 N–H and O–H groups in total. The van der Waals surface area contributed by atoms with Crippen LogP contribution in [0.4, 0.5) is 10.5 Å². The number of nitrogens with zero attached hydrogens (tertiary/aromatic N) is 1. The van der Waals surface area contributed by atoms with Crippen molar-refractivity contribution in [3.05, 3.63) is 65.2 Å². The van der Waals surface area contributed by atoms with E-state index in [0.29, 0.717) is 25.4 Å². The van der Waals surface area contributed by atoms with Gasteiger partial charge in [-0.1, -0.05) is 43.3 Å². The van der Waals surface area contributed by atoms with Gasteiger partial charge in [-0.2, -0.15) is 0 Å². The fourth-order valence-corrected chi connectivity index (χ4v) is 5.50. The van der Waals surface area contributed by atoms with Gasteiger partial charge in [0.25, 0.3) is 0 Å². The van der Waals surface area contributed by atoms with Gasteiger partial charge in [0, 0.05) is 56.2 Å². The molecule has 206 valence electrons. The molecule has 9 nitrogen and oxygen atoms in total. The molecule has 9 heteroatoms. The Morgan fingerprint density at radius 3 is 2.29 bits per heavy atom. The van der Waals surface area contributed by atoms with E-state index in [1.54, 1.807) is 0 Å². The Bertz CT molecular complexity index is 1050. The number of aliphatic hydroxyl groups is 1. The summed E-state index contributed by atoms with van der Waals surface area (Å²) in [7, 11) is 0. The molecular formula is C29H39N3O6. The Kier molecular flexibility index (Phi) is 8.62. The molecule has 1 spiro atoms. The molecule has 0 aliphatic carbocycles. The van der Waals surface area contributed by atoms with E-state index in [0.717, 1.165) is 49.2 Å². The van der Waals surface area contributed by atoms with Crippen molar-refractivity contribution in [3.8, 4) is 0 Å². The maximum absolute atomic E-state index is 11.9. The lowest BCUT2D eigenvalue weighted by atomic mass is 9.89. The fraction of sp³-hybridized carbons (Fsp3) is 0.552. The molecule has 5 rings (SSSR count). The molecule has 38 heavy (non-hydrogen) atoms. The molecule has 2 aromatic rings. The predicted molar refractivity (Wildman–Crippen MR) is 142 cm³/mol. The van der Waals surface area contributed by atoms with Crippen LogP contribution >= 0.6 is 0 Å². The van der Waals surface area contributed by atoms with Crippen LogP contribution in [0.25, 0.3) is 0 Å². The number of likely N-dealkylation sites (tertiary alicyclic amines) is 1. The standard InChI is InChI=1S/C29H39N3O6/c1-3-30-28(34)31-24-10-8-23(9-11-24)27-37-25(18-32-14-12-29(13-15-32)35-16-17-36-29)20(2)26(38-27)22-6-4-21(19-33)5-7-22/h4-11,20,25-27,33H,3,12-19H2,1-2H3,(H2,30,31,34)/t20-,25+,26+,27+/m0/s1. The van der Waals surface area contributed by atoms with Crippen molar-refractivity contribution >= 4 is 11.7 Å². The molecule has 0 saturated carbocycles. The van der Waals surface area contributed by atoms with Crippen molar-refractivity contribution in [3.63, 3.8) is 0 Å². The molecule has 2 aromatic carbocycles. The van der Waals surface area contributed by atoms with Gasteiger partial charge in [-0.25, -0.2) is 4.79 Å². The third kappa shape index (κ3) is 6.20. The third-order valence-electron chi connectivity index (χ3n) is 7.77. The van der Waals surface area contributed by atoms with Gasteiger partial charge in [-0.3, -0.25) is 0 Å². The van der Waals surface area contributed by atoms with Crippen LogP contribution in [0.3, 0.4) is 0 Å². The van der Waals surface area contributed by atoms with Gasteiger partial charge >= 0.3 is 6.03 Å². The maximum atomic E-state index is 11.9. The van der Waals surface area contributed by atoms with Crippen LogP contribution in [-0.4, -0.2) is 67.3 Å². The van der Waals surface area contributed by atoms with Crippen molar-refractivity contribution in [1.82, 2.24) is 10.2 Å². The lowest BCUT2D eigenvalue weighted by molar-refractivity contribution is -0.278. The molecule has 3 aliphatic rings. The Labute approximate surface area is 224 Å². The molecule has 0 bridgehead atoms. The molecule has 4 atom stereocenters. The van der Waals surface area contributed by atoms with Crippen molar-refractivity contribution in [2.75, 3.05) is 44.7 Å². The van der Waals surface area contributed by atoms with E-state index >= 15 is 0 Å². The second-order valence-corrected chi connectivity index (χ2v) is 10.3. The van der Waals surface area contributed by atoms with Crippen LogP contribution in [-0.2, 0) is 25.6 Å². The van der Waals surface area contributed by atoms with Crippen LogP contribution in [0.1, 0.15) is 55.8 Å². The van der Waals surface area contributed by atoms with Gasteiger partial charge in [0.15, 0.2) is 12.1 Å². The van der Waals surface area contributed by atoms with Crippen LogP contribution in [0.5, 0.6) is 0 Å². The second-order valence-electron chi connectivity index (χ2n) is 10.3. The number of ether oxygens (including phenoxy) is 4. The van der Waals surface area contributed by atoms with E-state index in [1.807, 2.05) is 55.5 Å². The zero-order chi connectivity index (χ0) is 26.5. The summed E-state index contributed by atoms with van der Waals surface area (Å²) < 4.78 is 25.0. The summed E-state index contributed by atoms with van der Waals surface area (Å²) in [4.78, 5) is 14.3. The number of carbonyl (C=O) groups is 1. The predicted octanol–water partition coefficient (Wildman–Crippen LogP) is 3.95. The highest BCUT2D eigenvalue weighted by molar-refractivity contribution is 5.89. The van der Waals surface area contributed by atoms with E-state index in [-0.39, 0.29) is 30.8 Å². The number of piperidine rings is 1. The summed E-state index contributed by atoms with van der Waals surface area (Å²) in [6.07, 6.45) is 0.955. The maximum Gasteiger partial charge on any atom is 0.319 e. The Morgan fingerprint density at radius 1 is 1.00 bits per heavy atom. The molecule has 0 radical (unpaired) electrons. The number of nitrogens with one attached hydrogen (secondary N) is 2. The summed E-state index contributed by atoms with van der Waals surface area (Å²) >= 11 is 0. The van der Waals surface area contributed by atoms with Gasteiger partial charge in [0.05, 0.1) is 32.0 Å². The minimum Gasteiger partial charge on any atom is -0.392 e. The zero-order valence-corrected chi connectivity index (χ0v) is 22.2. The highest BCUT2D eigenvalue weighted by Crippen LogP contribution is 2.42. The molecule has 0 aromatic heterocycles. The first-order valence-electron chi connectivity index (χ1n) is 13.6. The number of aliphatic hydroxyl groups excluding tert-OH is 1. The Morgan fingerprint density at radius 2 is 1.66 bits per heavy atom. The third-order valence-corrected chi connectivity index (χ3v) is 7.77. The lowest BCUT2D eigenvalue weighted by Gasteiger charge is -2.44. The number of hydrogen-bond acceptors (Lipinski definition) is 7. The largest absolute Gasteiger partial charge is 0.392 e. The number of amides is 2. The minimum absolute atomic E-state index is 0.0102. The van der Waals surface area contributed by atoms with Crippen LogP contribution in [0.2, 0.25) is 0 Å². The first-order valence-corrected chi connectivity index (χ1v) is 13.6. The fourth-order valence-electron chi connectivity index (χ4n) is 5.50. The SMILES string of the molecule is CCNC(=O)Nc1ccc([C@@H]2O[C@H](CN3CCC4(CC3)OCCO4)[C@H](C)[C@H](c3ccc(CO)cc3)O2)cc1. The Balaban J connectivity index is 1.32. The summed E-state index contributed by atoms with van der Waals surface area (Å²) in [5.41, 5.74) is 3.53. The average molecular weight is 526 g/mol. The summed E-state index contributed by atoms with van der Waals surface area (Å²) in [6.45, 7) is 8.57. The normalized spacial score (nSPS) is 27.3. The van der Waals surface area contributed by atoms with E-state index < -0.39 is 12.1 Å². The second kappa shape index (κ2) is 12.1. The van der Waals surface area contributed by atoms with Gasteiger partial charge in [-0.05, 0) is 30.2 Å². The van der Waals surface area contributed by atoms with Gasteiger partial charge in [0.1, 0.15) is 0 Å². The summed E-state index contributed by atoms with van der Waals surface area (Å²) in [5.74, 6) is -0.290. The first-order chi connectivity index (χ1) is 18.5. The van der Waals surface area contributed by atoms with Gasteiger partial charge in [0.2, 0.25) is 0 Å². The topological polar surface area (TPSA) is 102 Å². The molecule has 3 saturated heterocycles. The quantitative estimate of drug-likeness (QED) is 0.503. The molecule has 3 aliphatic heterocycles. The number of urea groups is 1. The zero-order valence-electron chi connectivity index (χ0n) is 22.2.